The molecule has 1 rings (SSSR count). The Bertz CT molecular complexity index is 358. The quantitative estimate of drug-likeness (QED) is 0.591. The largest absolute Gasteiger partial charge is 0.411 e. The highest BCUT2D eigenvalue weighted by Crippen LogP contribution is 2.21. The molecule has 1 N–H and O–H groups in total. The standard InChI is InChI=1S/C10H20N2O3S/c1-10(2,3)8-16(14,15)12-6-4-9(11-13)5-7-12/h13H,4-8H2,1-3H3. The van der Waals surface area contributed by atoms with E-state index in [1.807, 2.05) is 20.8 Å². The normalized spacial score (nSPS) is 19.8. The van der Waals surface area contributed by atoms with E-state index >= 15 is 0 Å². The van der Waals surface area contributed by atoms with Crippen molar-refractivity contribution in [3.8, 4) is 0 Å². The van der Waals surface area contributed by atoms with E-state index in [0.29, 0.717) is 31.6 Å². The van der Waals surface area contributed by atoms with Gasteiger partial charge in [0, 0.05) is 25.9 Å². The van der Waals surface area contributed by atoms with Crippen molar-refractivity contribution in [1.29, 1.82) is 0 Å². The Morgan fingerprint density at radius 1 is 1.31 bits per heavy atom. The monoisotopic (exact) mass is 248 g/mol. The van der Waals surface area contributed by atoms with Gasteiger partial charge in [-0.25, -0.2) is 12.7 Å². The van der Waals surface area contributed by atoms with Gasteiger partial charge >= 0.3 is 0 Å². The summed E-state index contributed by atoms with van der Waals surface area (Å²) in [5.41, 5.74) is 0.451. The summed E-state index contributed by atoms with van der Waals surface area (Å²) in [4.78, 5) is 0. The van der Waals surface area contributed by atoms with Crippen LogP contribution < -0.4 is 0 Å². The predicted molar refractivity (Wildman–Crippen MR) is 63.3 cm³/mol. The van der Waals surface area contributed by atoms with E-state index in [1.54, 1.807) is 0 Å². The minimum Gasteiger partial charge on any atom is -0.411 e. The fraction of sp³-hybridized carbons (Fsp3) is 0.900. The van der Waals surface area contributed by atoms with Gasteiger partial charge in [0.2, 0.25) is 10.0 Å². The fourth-order valence-electron chi connectivity index (χ4n) is 1.76. The molecule has 6 heteroatoms. The van der Waals surface area contributed by atoms with Gasteiger partial charge in [0.25, 0.3) is 0 Å². The molecular formula is C10H20N2O3S. The first-order chi connectivity index (χ1) is 7.24. The molecule has 16 heavy (non-hydrogen) atoms. The summed E-state index contributed by atoms with van der Waals surface area (Å²) in [6.07, 6.45) is 1.06. The lowest BCUT2D eigenvalue weighted by Crippen LogP contribution is -2.42. The van der Waals surface area contributed by atoms with Crippen LogP contribution in [0.3, 0.4) is 0 Å². The third kappa shape index (κ3) is 3.75. The molecule has 1 aliphatic rings. The van der Waals surface area contributed by atoms with Crippen LogP contribution in [0.25, 0.3) is 0 Å². The SMILES string of the molecule is CC(C)(C)CS(=O)(=O)N1CCC(=NO)CC1. The van der Waals surface area contributed by atoms with Crippen LogP contribution >= 0.6 is 0 Å². The Kier molecular flexibility index (Phi) is 3.96. The maximum atomic E-state index is 12.0. The second kappa shape index (κ2) is 4.71. The maximum Gasteiger partial charge on any atom is 0.214 e. The number of oxime groups is 1. The number of rotatable bonds is 2. The summed E-state index contributed by atoms with van der Waals surface area (Å²) in [5, 5.41) is 11.7. The second-order valence-electron chi connectivity index (χ2n) is 5.38. The first-order valence-corrected chi connectivity index (χ1v) is 7.03. The smallest absolute Gasteiger partial charge is 0.214 e. The first-order valence-electron chi connectivity index (χ1n) is 5.42. The van der Waals surface area contributed by atoms with E-state index in [-0.39, 0.29) is 11.2 Å². The third-order valence-electron chi connectivity index (χ3n) is 2.45. The summed E-state index contributed by atoms with van der Waals surface area (Å²) in [6, 6.07) is 0. The van der Waals surface area contributed by atoms with Gasteiger partial charge in [-0.15, -0.1) is 0 Å². The van der Waals surface area contributed by atoms with Gasteiger partial charge in [0.05, 0.1) is 11.5 Å². The van der Waals surface area contributed by atoms with E-state index in [4.69, 9.17) is 5.21 Å². The van der Waals surface area contributed by atoms with Crippen molar-refractivity contribution >= 4 is 15.7 Å². The molecule has 1 heterocycles. The second-order valence-corrected chi connectivity index (χ2v) is 7.35. The van der Waals surface area contributed by atoms with Crippen LogP contribution in [-0.4, -0.2) is 42.5 Å². The van der Waals surface area contributed by atoms with E-state index in [1.165, 1.54) is 4.31 Å². The van der Waals surface area contributed by atoms with Crippen LogP contribution in [0.1, 0.15) is 33.6 Å². The van der Waals surface area contributed by atoms with Crippen LogP contribution in [0.5, 0.6) is 0 Å². The van der Waals surface area contributed by atoms with Gasteiger partial charge in [-0.05, 0) is 5.41 Å². The molecule has 0 unspecified atom stereocenters. The average Bonchev–Trinajstić information content (AvgIpc) is 2.14. The number of nitrogens with zero attached hydrogens (tertiary/aromatic N) is 2. The minimum atomic E-state index is -3.18. The average molecular weight is 248 g/mol. The zero-order valence-corrected chi connectivity index (χ0v) is 10.9. The van der Waals surface area contributed by atoms with E-state index in [9.17, 15) is 8.42 Å². The lowest BCUT2D eigenvalue weighted by Gasteiger charge is -2.29. The molecule has 0 aliphatic carbocycles. The van der Waals surface area contributed by atoms with Crippen molar-refractivity contribution < 1.29 is 13.6 Å². The molecule has 1 aliphatic heterocycles. The zero-order chi connectivity index (χ0) is 12.4. The van der Waals surface area contributed by atoms with E-state index in [0.717, 1.165) is 0 Å². The summed E-state index contributed by atoms with van der Waals surface area (Å²) in [6.45, 7) is 6.59. The molecule has 0 aromatic carbocycles. The molecule has 0 aromatic rings. The van der Waals surface area contributed by atoms with Crippen LogP contribution in [0.4, 0.5) is 0 Å². The molecular weight excluding hydrogens is 228 g/mol. The van der Waals surface area contributed by atoms with Crippen LogP contribution in [0.2, 0.25) is 0 Å². The third-order valence-corrected chi connectivity index (χ3v) is 4.83. The molecule has 0 amide bonds. The molecule has 0 atom stereocenters. The Morgan fingerprint density at radius 2 is 1.81 bits per heavy atom. The van der Waals surface area contributed by atoms with Crippen molar-refractivity contribution in [2.75, 3.05) is 18.8 Å². The molecule has 0 radical (unpaired) electrons. The summed E-state index contributed by atoms with van der Waals surface area (Å²) >= 11 is 0. The highest BCUT2D eigenvalue weighted by molar-refractivity contribution is 7.89. The fourth-order valence-corrected chi connectivity index (χ4v) is 3.78. The van der Waals surface area contributed by atoms with Gasteiger partial charge in [-0.1, -0.05) is 25.9 Å². The number of hydrogen-bond donors (Lipinski definition) is 1. The highest BCUT2D eigenvalue weighted by atomic mass is 32.2. The first kappa shape index (κ1) is 13.4. The van der Waals surface area contributed by atoms with Crippen LogP contribution in [0.15, 0.2) is 5.16 Å². The Morgan fingerprint density at radius 3 is 2.19 bits per heavy atom. The number of piperidine rings is 1. The summed E-state index contributed by atoms with van der Waals surface area (Å²) < 4.78 is 25.5. The van der Waals surface area contributed by atoms with Crippen molar-refractivity contribution in [2.24, 2.45) is 10.6 Å². The van der Waals surface area contributed by atoms with E-state index < -0.39 is 10.0 Å². The predicted octanol–water partition coefficient (Wildman–Crippen LogP) is 1.29. The molecule has 5 nitrogen and oxygen atoms in total. The van der Waals surface area contributed by atoms with Gasteiger partial charge in [-0.3, -0.25) is 0 Å². The van der Waals surface area contributed by atoms with Crippen molar-refractivity contribution in [3.63, 3.8) is 0 Å². The van der Waals surface area contributed by atoms with Gasteiger partial charge in [0.15, 0.2) is 0 Å². The molecule has 0 aromatic heterocycles. The van der Waals surface area contributed by atoms with Crippen molar-refractivity contribution in [3.05, 3.63) is 0 Å². The summed E-state index contributed by atoms with van der Waals surface area (Å²) in [5.74, 6) is 0.158. The Balaban J connectivity index is 2.66. The highest BCUT2D eigenvalue weighted by Gasteiger charge is 2.30. The molecule has 0 bridgehead atoms. The minimum absolute atomic E-state index is 0.158. The van der Waals surface area contributed by atoms with E-state index in [2.05, 4.69) is 5.16 Å². The lowest BCUT2D eigenvalue weighted by molar-refractivity contribution is 0.309. The number of sulfonamides is 1. The van der Waals surface area contributed by atoms with Gasteiger partial charge < -0.3 is 5.21 Å². The van der Waals surface area contributed by atoms with Crippen molar-refractivity contribution in [2.45, 2.75) is 33.6 Å². The zero-order valence-electron chi connectivity index (χ0n) is 10.1. The van der Waals surface area contributed by atoms with Crippen LogP contribution in [0, 0.1) is 5.41 Å². The number of hydrogen-bond acceptors (Lipinski definition) is 4. The van der Waals surface area contributed by atoms with Crippen molar-refractivity contribution in [1.82, 2.24) is 4.31 Å². The molecule has 94 valence electrons. The molecule has 0 spiro atoms. The lowest BCUT2D eigenvalue weighted by atomic mass is 10.0. The van der Waals surface area contributed by atoms with Gasteiger partial charge in [-0.2, -0.15) is 0 Å². The summed E-state index contributed by atoms with van der Waals surface area (Å²) in [7, 11) is -3.18. The topological polar surface area (TPSA) is 70.0 Å². The Labute approximate surface area is 97.2 Å². The van der Waals surface area contributed by atoms with Gasteiger partial charge in [0.1, 0.15) is 0 Å². The molecule has 1 saturated heterocycles. The Hall–Kier alpha value is -0.620. The molecule has 1 fully saturated rings. The molecule has 0 saturated carbocycles. The maximum absolute atomic E-state index is 12.0. The van der Waals surface area contributed by atoms with Crippen LogP contribution in [-0.2, 0) is 10.0 Å².